The van der Waals surface area contributed by atoms with E-state index in [-0.39, 0.29) is 40.4 Å². The molecule has 1 aliphatic heterocycles. The van der Waals surface area contributed by atoms with E-state index in [4.69, 9.17) is 15.1 Å². The van der Waals surface area contributed by atoms with Crippen molar-refractivity contribution in [1.82, 2.24) is 18.9 Å². The van der Waals surface area contributed by atoms with Crippen LogP contribution >= 0.6 is 0 Å². The quantitative estimate of drug-likeness (QED) is 0.445. The lowest BCUT2D eigenvalue weighted by Crippen LogP contribution is -2.43. The smallest absolute Gasteiger partial charge is 0.309 e. The van der Waals surface area contributed by atoms with Gasteiger partial charge in [0.25, 0.3) is 11.5 Å². The van der Waals surface area contributed by atoms with Gasteiger partial charge in [0.2, 0.25) is 0 Å². The molecule has 1 aliphatic carbocycles. The van der Waals surface area contributed by atoms with E-state index in [9.17, 15) is 14.4 Å². The fraction of sp³-hybridized carbons (Fsp3) is 0.519. The van der Waals surface area contributed by atoms with Gasteiger partial charge in [-0.25, -0.2) is 4.98 Å². The maximum absolute atomic E-state index is 13.7. The first-order valence-electron chi connectivity index (χ1n) is 13.0. The van der Waals surface area contributed by atoms with E-state index in [1.807, 2.05) is 23.6 Å². The summed E-state index contributed by atoms with van der Waals surface area (Å²) >= 11 is 0. The first kappa shape index (κ1) is 24.2. The highest BCUT2D eigenvalue weighted by atomic mass is 16.5. The Morgan fingerprint density at radius 3 is 2.53 bits per heavy atom. The van der Waals surface area contributed by atoms with Crippen LogP contribution in [-0.2, 0) is 9.53 Å². The van der Waals surface area contributed by atoms with Gasteiger partial charge in [-0.05, 0) is 57.2 Å². The molecule has 9 heteroatoms. The van der Waals surface area contributed by atoms with Crippen molar-refractivity contribution in [1.29, 1.82) is 5.41 Å². The van der Waals surface area contributed by atoms with Crippen molar-refractivity contribution in [2.75, 3.05) is 19.7 Å². The zero-order valence-corrected chi connectivity index (χ0v) is 21.0. The number of aryl methyl sites for hydroxylation is 1. The summed E-state index contributed by atoms with van der Waals surface area (Å²) in [6.45, 7) is 4.87. The number of rotatable bonds is 4. The van der Waals surface area contributed by atoms with Gasteiger partial charge in [0.15, 0.2) is 0 Å². The summed E-state index contributed by atoms with van der Waals surface area (Å²) in [6, 6.07) is 5.30. The highest BCUT2D eigenvalue weighted by Gasteiger charge is 2.31. The number of fused-ring (bicyclic) bond motifs is 2. The lowest BCUT2D eigenvalue weighted by atomic mass is 9.94. The van der Waals surface area contributed by atoms with E-state index in [2.05, 4.69) is 0 Å². The molecule has 1 saturated carbocycles. The number of hydrogen-bond acceptors (Lipinski definition) is 6. The largest absolute Gasteiger partial charge is 0.466 e. The molecule has 2 aliphatic rings. The second-order valence-corrected chi connectivity index (χ2v) is 9.93. The summed E-state index contributed by atoms with van der Waals surface area (Å²) in [5, 5.41) is 9.45. The Balaban J connectivity index is 1.61. The lowest BCUT2D eigenvalue weighted by molar-refractivity contribution is -0.149. The van der Waals surface area contributed by atoms with E-state index in [1.54, 1.807) is 24.1 Å². The van der Waals surface area contributed by atoms with E-state index < -0.39 is 0 Å². The number of pyridine rings is 2. The van der Waals surface area contributed by atoms with Crippen molar-refractivity contribution in [2.45, 2.75) is 64.8 Å². The molecule has 9 nitrogen and oxygen atoms in total. The van der Waals surface area contributed by atoms with E-state index in [0.29, 0.717) is 49.2 Å². The molecule has 5 rings (SSSR count). The first-order chi connectivity index (χ1) is 17.4. The van der Waals surface area contributed by atoms with Crippen LogP contribution in [0.25, 0.3) is 16.7 Å². The number of aromatic nitrogens is 3. The molecule has 2 fully saturated rings. The summed E-state index contributed by atoms with van der Waals surface area (Å²) in [5.41, 5.74) is 2.01. The standard InChI is InChI=1S/C27H33N5O4/c1-3-36-27(35)18-11-14-30(15-12-18)25(33)20-16-21-24(32(22(20)28)19-9-5-4-6-10-19)29-23-17(2)8-7-13-31(23)26(21)34/h7-8,13,16,18-19,28H,3-6,9-12,14-15H2,1-2H3. The highest BCUT2D eigenvalue weighted by Crippen LogP contribution is 2.29. The number of carbonyl (C=O) groups excluding carboxylic acids is 2. The van der Waals surface area contributed by atoms with Gasteiger partial charge in [-0.3, -0.25) is 24.2 Å². The number of nitrogens with zero attached hydrogens (tertiary/aromatic N) is 4. The minimum Gasteiger partial charge on any atom is -0.466 e. The zero-order chi connectivity index (χ0) is 25.4. The third-order valence-electron chi connectivity index (χ3n) is 7.65. The normalized spacial score (nSPS) is 17.6. The fourth-order valence-electron chi connectivity index (χ4n) is 5.67. The number of ether oxygens (including phenoxy) is 1. The Labute approximate surface area is 209 Å². The van der Waals surface area contributed by atoms with Gasteiger partial charge in [-0.15, -0.1) is 0 Å². The van der Waals surface area contributed by atoms with Crippen molar-refractivity contribution in [3.63, 3.8) is 0 Å². The van der Waals surface area contributed by atoms with Crippen molar-refractivity contribution in [2.24, 2.45) is 5.92 Å². The van der Waals surface area contributed by atoms with Crippen LogP contribution in [0, 0.1) is 18.3 Å². The third-order valence-corrected chi connectivity index (χ3v) is 7.65. The van der Waals surface area contributed by atoms with Gasteiger partial charge >= 0.3 is 5.97 Å². The van der Waals surface area contributed by atoms with Crippen LogP contribution in [0.4, 0.5) is 0 Å². The number of esters is 1. The maximum atomic E-state index is 13.7. The number of carbonyl (C=O) groups is 2. The molecule has 190 valence electrons. The minimum absolute atomic E-state index is 0.0226. The first-order valence-corrected chi connectivity index (χ1v) is 13.0. The molecule has 0 bridgehead atoms. The lowest BCUT2D eigenvalue weighted by Gasteiger charge is -2.32. The van der Waals surface area contributed by atoms with Gasteiger partial charge in [0.05, 0.1) is 23.5 Å². The molecule has 3 aromatic heterocycles. The molecule has 1 N–H and O–H groups in total. The fourth-order valence-corrected chi connectivity index (χ4v) is 5.67. The Morgan fingerprint density at radius 2 is 1.83 bits per heavy atom. The van der Waals surface area contributed by atoms with Gasteiger partial charge in [0.1, 0.15) is 16.8 Å². The number of piperidine rings is 1. The second kappa shape index (κ2) is 9.87. The van der Waals surface area contributed by atoms with E-state index in [0.717, 1.165) is 37.7 Å². The molecule has 4 heterocycles. The van der Waals surface area contributed by atoms with Crippen LogP contribution in [0.2, 0.25) is 0 Å². The SMILES string of the molecule is CCOC(=O)C1CCN(C(=O)c2cc3c(=O)n4cccc(C)c4nc3n(C3CCCCC3)c2=N)CC1. The molecular weight excluding hydrogens is 458 g/mol. The van der Waals surface area contributed by atoms with Crippen LogP contribution in [0.15, 0.2) is 29.2 Å². The number of hydrogen-bond donors (Lipinski definition) is 1. The molecule has 0 unspecified atom stereocenters. The van der Waals surface area contributed by atoms with Gasteiger partial charge in [0, 0.05) is 25.3 Å². The predicted molar refractivity (Wildman–Crippen MR) is 135 cm³/mol. The Kier molecular flexibility index (Phi) is 6.64. The maximum Gasteiger partial charge on any atom is 0.309 e. The molecule has 0 spiro atoms. The summed E-state index contributed by atoms with van der Waals surface area (Å²) in [5.74, 6) is -0.702. The molecule has 3 aromatic rings. The average molecular weight is 492 g/mol. The van der Waals surface area contributed by atoms with Crippen LogP contribution in [0.1, 0.15) is 73.8 Å². The molecule has 36 heavy (non-hydrogen) atoms. The highest BCUT2D eigenvalue weighted by molar-refractivity contribution is 5.97. The molecule has 0 radical (unpaired) electrons. The van der Waals surface area contributed by atoms with Crippen molar-refractivity contribution >= 4 is 28.6 Å². The van der Waals surface area contributed by atoms with Crippen molar-refractivity contribution < 1.29 is 14.3 Å². The molecule has 1 amide bonds. The van der Waals surface area contributed by atoms with Crippen LogP contribution in [0.5, 0.6) is 0 Å². The van der Waals surface area contributed by atoms with Gasteiger partial charge in [-0.1, -0.05) is 25.3 Å². The average Bonchev–Trinajstić information content (AvgIpc) is 2.89. The van der Waals surface area contributed by atoms with Crippen LogP contribution in [-0.4, -0.2) is 50.4 Å². The van der Waals surface area contributed by atoms with E-state index in [1.165, 1.54) is 4.40 Å². The van der Waals surface area contributed by atoms with Crippen molar-refractivity contribution in [3.05, 3.63) is 51.4 Å². The Morgan fingerprint density at radius 1 is 1.11 bits per heavy atom. The monoisotopic (exact) mass is 491 g/mol. The molecule has 1 saturated heterocycles. The Bertz CT molecular complexity index is 1440. The topological polar surface area (TPSA) is 110 Å². The van der Waals surface area contributed by atoms with Crippen LogP contribution < -0.4 is 11.0 Å². The number of nitrogens with one attached hydrogen (secondary N) is 1. The molecular formula is C27H33N5O4. The van der Waals surface area contributed by atoms with Gasteiger partial charge in [-0.2, -0.15) is 0 Å². The predicted octanol–water partition coefficient (Wildman–Crippen LogP) is 3.36. The summed E-state index contributed by atoms with van der Waals surface area (Å²) < 4.78 is 8.50. The van der Waals surface area contributed by atoms with E-state index >= 15 is 0 Å². The zero-order valence-electron chi connectivity index (χ0n) is 21.0. The minimum atomic E-state index is -0.275. The summed E-state index contributed by atoms with van der Waals surface area (Å²) in [7, 11) is 0. The van der Waals surface area contributed by atoms with Crippen LogP contribution in [0.3, 0.4) is 0 Å². The van der Waals surface area contributed by atoms with Gasteiger partial charge < -0.3 is 14.2 Å². The molecule has 0 aromatic carbocycles. The van der Waals surface area contributed by atoms with Crippen molar-refractivity contribution in [3.8, 4) is 0 Å². The number of amides is 1. The third kappa shape index (κ3) is 4.20. The second-order valence-electron chi connectivity index (χ2n) is 9.93. The number of likely N-dealkylation sites (tertiary alicyclic amines) is 1. The summed E-state index contributed by atoms with van der Waals surface area (Å²) in [4.78, 5) is 46.0. The summed E-state index contributed by atoms with van der Waals surface area (Å²) in [6.07, 6.45) is 7.77. The Hall–Kier alpha value is -3.49. The molecule has 0 atom stereocenters.